The van der Waals surface area contributed by atoms with Crippen LogP contribution < -0.4 is 0 Å². The van der Waals surface area contributed by atoms with Gasteiger partial charge >= 0.3 is 0 Å². The summed E-state index contributed by atoms with van der Waals surface area (Å²) in [5.41, 5.74) is 4.22. The molecule has 2 nitrogen and oxygen atoms in total. The van der Waals surface area contributed by atoms with Crippen molar-refractivity contribution < 1.29 is 5.11 Å². The molecule has 0 saturated heterocycles. The lowest BCUT2D eigenvalue weighted by atomic mass is 9.82. The lowest BCUT2D eigenvalue weighted by Crippen LogP contribution is -2.28. The van der Waals surface area contributed by atoms with Crippen molar-refractivity contribution in [3.63, 3.8) is 0 Å². The standard InChI is InChI=1S/C21H27NO.ClH/c1-22(14-6-9-17-7-3-2-4-8-17)16-19-11-5-10-18-15-20(23)12-13-21(18)19;/h2-4,7-8,12-13,15,19,23H,5-6,9-11,14,16H2,1H3;1H. The summed E-state index contributed by atoms with van der Waals surface area (Å²) in [4.78, 5) is 2.47. The zero-order valence-corrected chi connectivity index (χ0v) is 15.3. The van der Waals surface area contributed by atoms with Gasteiger partial charge in [-0.1, -0.05) is 36.4 Å². The minimum absolute atomic E-state index is 0. The van der Waals surface area contributed by atoms with Gasteiger partial charge in [-0.3, -0.25) is 0 Å². The first kappa shape index (κ1) is 18.8. The maximum atomic E-state index is 9.67. The highest BCUT2D eigenvalue weighted by Crippen LogP contribution is 2.33. The number of hydrogen-bond donors (Lipinski definition) is 1. The Bertz CT molecular complexity index is 629. The summed E-state index contributed by atoms with van der Waals surface area (Å²) in [7, 11) is 2.24. The number of phenolic OH excluding ortho intramolecular Hbond substituents is 1. The van der Waals surface area contributed by atoms with E-state index in [1.54, 1.807) is 0 Å². The van der Waals surface area contributed by atoms with E-state index in [1.165, 1.54) is 36.0 Å². The van der Waals surface area contributed by atoms with Gasteiger partial charge < -0.3 is 10.0 Å². The summed E-state index contributed by atoms with van der Waals surface area (Å²) in [6.07, 6.45) is 5.97. The molecular weight excluding hydrogens is 318 g/mol. The van der Waals surface area contributed by atoms with E-state index in [0.717, 1.165) is 25.9 Å². The minimum Gasteiger partial charge on any atom is -0.508 e. The van der Waals surface area contributed by atoms with Gasteiger partial charge in [0.25, 0.3) is 0 Å². The molecule has 130 valence electrons. The molecule has 3 rings (SSSR count). The first-order valence-electron chi connectivity index (χ1n) is 8.76. The van der Waals surface area contributed by atoms with Crippen LogP contribution in [0.15, 0.2) is 48.5 Å². The maximum Gasteiger partial charge on any atom is 0.115 e. The number of nitrogens with zero attached hydrogens (tertiary/aromatic N) is 1. The van der Waals surface area contributed by atoms with Crippen LogP contribution in [0.5, 0.6) is 5.75 Å². The molecule has 0 amide bonds. The van der Waals surface area contributed by atoms with Crippen molar-refractivity contribution in [1.29, 1.82) is 0 Å². The first-order valence-corrected chi connectivity index (χ1v) is 8.76. The second-order valence-electron chi connectivity index (χ2n) is 6.82. The summed E-state index contributed by atoms with van der Waals surface area (Å²) >= 11 is 0. The Balaban J connectivity index is 0.00000208. The molecule has 0 saturated carbocycles. The number of likely N-dealkylation sites (N-methyl/N-ethyl adjacent to an activating group) is 1. The number of aryl methyl sites for hydroxylation is 2. The Morgan fingerprint density at radius 2 is 1.92 bits per heavy atom. The second-order valence-corrected chi connectivity index (χ2v) is 6.82. The molecule has 1 N–H and O–H groups in total. The van der Waals surface area contributed by atoms with E-state index in [4.69, 9.17) is 0 Å². The van der Waals surface area contributed by atoms with Gasteiger partial charge in [-0.2, -0.15) is 0 Å². The Hall–Kier alpha value is -1.51. The topological polar surface area (TPSA) is 23.5 Å². The summed E-state index contributed by atoms with van der Waals surface area (Å²) in [6.45, 7) is 2.26. The predicted molar refractivity (Wildman–Crippen MR) is 103 cm³/mol. The smallest absolute Gasteiger partial charge is 0.115 e. The molecule has 0 spiro atoms. The van der Waals surface area contributed by atoms with Crippen LogP contribution in [-0.2, 0) is 12.8 Å². The summed E-state index contributed by atoms with van der Waals surface area (Å²) in [5, 5.41) is 9.67. The van der Waals surface area contributed by atoms with Crippen LogP contribution in [0, 0.1) is 0 Å². The van der Waals surface area contributed by atoms with Gasteiger partial charge in [-0.05, 0) is 80.4 Å². The number of rotatable bonds is 6. The summed E-state index contributed by atoms with van der Waals surface area (Å²) < 4.78 is 0. The third kappa shape index (κ3) is 4.99. The predicted octanol–water partition coefficient (Wildman–Crippen LogP) is 4.80. The molecule has 0 fully saturated rings. The average Bonchev–Trinajstić information content (AvgIpc) is 2.56. The fourth-order valence-corrected chi connectivity index (χ4v) is 3.76. The highest BCUT2D eigenvalue weighted by Gasteiger charge is 2.21. The number of phenols is 1. The lowest BCUT2D eigenvalue weighted by Gasteiger charge is -2.29. The van der Waals surface area contributed by atoms with Crippen molar-refractivity contribution >= 4 is 12.4 Å². The van der Waals surface area contributed by atoms with Crippen molar-refractivity contribution in [2.45, 2.75) is 38.0 Å². The van der Waals surface area contributed by atoms with Crippen LogP contribution in [0.25, 0.3) is 0 Å². The van der Waals surface area contributed by atoms with Crippen molar-refractivity contribution in [3.05, 3.63) is 65.2 Å². The van der Waals surface area contributed by atoms with Crippen molar-refractivity contribution in [1.82, 2.24) is 4.90 Å². The van der Waals surface area contributed by atoms with Gasteiger partial charge in [-0.25, -0.2) is 0 Å². The van der Waals surface area contributed by atoms with Crippen molar-refractivity contribution in [2.75, 3.05) is 20.1 Å². The molecule has 0 radical (unpaired) electrons. The number of fused-ring (bicyclic) bond motifs is 1. The first-order chi connectivity index (χ1) is 11.2. The average molecular weight is 346 g/mol. The normalized spacial score (nSPS) is 16.5. The van der Waals surface area contributed by atoms with Gasteiger partial charge in [0, 0.05) is 6.54 Å². The van der Waals surface area contributed by atoms with Crippen molar-refractivity contribution in [2.24, 2.45) is 0 Å². The fraction of sp³-hybridized carbons (Fsp3) is 0.429. The van der Waals surface area contributed by atoms with Gasteiger partial charge in [0.05, 0.1) is 0 Å². The molecule has 2 aromatic carbocycles. The fourth-order valence-electron chi connectivity index (χ4n) is 3.76. The quantitative estimate of drug-likeness (QED) is 0.813. The Morgan fingerprint density at radius 3 is 2.71 bits per heavy atom. The monoisotopic (exact) mass is 345 g/mol. The molecule has 1 atom stereocenters. The molecule has 1 aliphatic rings. The third-order valence-electron chi connectivity index (χ3n) is 4.95. The van der Waals surface area contributed by atoms with E-state index >= 15 is 0 Å². The molecule has 0 aromatic heterocycles. The molecule has 1 aliphatic carbocycles. The Labute approximate surface area is 151 Å². The highest BCUT2D eigenvalue weighted by molar-refractivity contribution is 5.85. The van der Waals surface area contributed by atoms with Gasteiger partial charge in [0.15, 0.2) is 0 Å². The number of halogens is 1. The van der Waals surface area contributed by atoms with E-state index in [-0.39, 0.29) is 12.4 Å². The largest absolute Gasteiger partial charge is 0.508 e. The molecule has 2 aromatic rings. The molecular formula is C21H28ClNO. The maximum absolute atomic E-state index is 9.67. The zero-order chi connectivity index (χ0) is 16.1. The van der Waals surface area contributed by atoms with Crippen LogP contribution in [0.2, 0.25) is 0 Å². The van der Waals surface area contributed by atoms with Crippen LogP contribution in [0.3, 0.4) is 0 Å². The van der Waals surface area contributed by atoms with Crippen LogP contribution in [-0.4, -0.2) is 30.1 Å². The Morgan fingerprint density at radius 1 is 1.12 bits per heavy atom. The van der Waals surface area contributed by atoms with Crippen LogP contribution in [0.4, 0.5) is 0 Å². The minimum atomic E-state index is 0. The van der Waals surface area contributed by atoms with Crippen LogP contribution >= 0.6 is 12.4 Å². The molecule has 0 aliphatic heterocycles. The number of aromatic hydroxyl groups is 1. The Kier molecular flexibility index (Phi) is 7.14. The molecule has 3 heteroatoms. The molecule has 24 heavy (non-hydrogen) atoms. The molecule has 1 unspecified atom stereocenters. The number of hydrogen-bond acceptors (Lipinski definition) is 2. The summed E-state index contributed by atoms with van der Waals surface area (Å²) in [6, 6.07) is 16.7. The molecule has 0 bridgehead atoms. The second kappa shape index (κ2) is 9.10. The third-order valence-corrected chi connectivity index (χ3v) is 4.95. The lowest BCUT2D eigenvalue weighted by molar-refractivity contribution is 0.294. The summed E-state index contributed by atoms with van der Waals surface area (Å²) in [5.74, 6) is 1.02. The molecule has 0 heterocycles. The van der Waals surface area contributed by atoms with E-state index in [2.05, 4.69) is 48.3 Å². The highest BCUT2D eigenvalue weighted by atomic mass is 35.5. The SMILES string of the molecule is CN(CCCc1ccccc1)CC1CCCc2cc(O)ccc21.Cl. The number of benzene rings is 2. The van der Waals surface area contributed by atoms with E-state index in [1.807, 2.05) is 12.1 Å². The van der Waals surface area contributed by atoms with Gasteiger partial charge in [0.1, 0.15) is 5.75 Å². The van der Waals surface area contributed by atoms with E-state index in [0.29, 0.717) is 11.7 Å². The van der Waals surface area contributed by atoms with Gasteiger partial charge in [0.2, 0.25) is 0 Å². The zero-order valence-electron chi connectivity index (χ0n) is 14.4. The van der Waals surface area contributed by atoms with E-state index in [9.17, 15) is 5.11 Å². The van der Waals surface area contributed by atoms with Crippen molar-refractivity contribution in [3.8, 4) is 5.75 Å². The van der Waals surface area contributed by atoms with Crippen LogP contribution in [0.1, 0.15) is 41.9 Å². The van der Waals surface area contributed by atoms with E-state index < -0.39 is 0 Å². The van der Waals surface area contributed by atoms with Gasteiger partial charge in [-0.15, -0.1) is 12.4 Å².